The Balaban J connectivity index is 1.11. The molecule has 4 saturated heterocycles. The standard InChI is InChI=1S/C50H71N2O19P/c1-6-13-32(54)33(55)20-30-19-31(52-49(61)63-24-29-16-11-8-12-17-29)42(69-45-26(2)18-34-37(67-45)25-64-50(68-34)72(4)5)44(39(30)57)71-47-41(59)43(36(22-53)66-47)70-46-27(3)38(56)40(58)35(65-46)21-51-48(60)62-23-28-14-9-7-10-15-28/h7-12,14-17,26-27,30-32,34-47,50,53-54,56-59H,4,6,13,18-25H2,1-3,5H3,(H-,51,52,60,61)/p+1. The molecule has 21 atom stereocenters. The molecule has 0 aromatic heterocycles. The summed E-state index contributed by atoms with van der Waals surface area (Å²) in [6.07, 6.45) is -15.7. The molecule has 2 aromatic rings. The molecule has 7 rings (SSSR count). The van der Waals surface area contributed by atoms with Crippen molar-refractivity contribution >= 4 is 31.8 Å². The molecule has 0 bridgehead atoms. The minimum absolute atomic E-state index is 0.0154. The monoisotopic (exact) mass is 1040 g/mol. The third kappa shape index (κ3) is 14.1. The molecule has 5 fully saturated rings. The molecule has 2 amide bonds. The Morgan fingerprint density at radius 2 is 1.38 bits per heavy atom. The van der Waals surface area contributed by atoms with Crippen molar-refractivity contribution in [3.63, 3.8) is 0 Å². The van der Waals surface area contributed by atoms with Gasteiger partial charge in [-0.15, -0.1) is 0 Å². The van der Waals surface area contributed by atoms with E-state index < -0.39 is 142 Å². The third-order valence-corrected chi connectivity index (χ3v) is 14.9. The zero-order chi connectivity index (χ0) is 51.6. The second kappa shape index (κ2) is 26.2. The number of ether oxygens (including phenoxy) is 10. The van der Waals surface area contributed by atoms with Crippen LogP contribution in [0.5, 0.6) is 0 Å². The van der Waals surface area contributed by atoms with Gasteiger partial charge in [0.1, 0.15) is 82.4 Å². The van der Waals surface area contributed by atoms with Crippen LogP contribution in [0.1, 0.15) is 64.0 Å². The van der Waals surface area contributed by atoms with Crippen LogP contribution in [-0.2, 0) is 65.4 Å². The van der Waals surface area contributed by atoms with Gasteiger partial charge >= 0.3 is 18.2 Å². The first-order chi connectivity index (χ1) is 34.5. The number of ketones is 1. The summed E-state index contributed by atoms with van der Waals surface area (Å²) in [5.41, 5.74) is 1.47. The van der Waals surface area contributed by atoms with Crippen LogP contribution in [0, 0.1) is 17.8 Å². The molecule has 4 aliphatic heterocycles. The predicted octanol–water partition coefficient (Wildman–Crippen LogP) is 2.02. The third-order valence-electron chi connectivity index (χ3n) is 13.9. The van der Waals surface area contributed by atoms with E-state index in [4.69, 9.17) is 47.4 Å². The van der Waals surface area contributed by atoms with Crippen LogP contribution >= 0.6 is 7.55 Å². The van der Waals surface area contributed by atoms with Crippen molar-refractivity contribution in [2.24, 2.45) is 17.8 Å². The van der Waals surface area contributed by atoms with E-state index in [-0.39, 0.29) is 57.6 Å². The maximum Gasteiger partial charge on any atom is 0.407 e. The van der Waals surface area contributed by atoms with Gasteiger partial charge in [0.25, 0.3) is 0 Å². The average molecular weight is 1040 g/mol. The van der Waals surface area contributed by atoms with E-state index >= 15 is 0 Å². The van der Waals surface area contributed by atoms with Crippen LogP contribution in [0.15, 0.2) is 60.7 Å². The summed E-state index contributed by atoms with van der Waals surface area (Å²) in [6.45, 7) is 6.30. The largest absolute Gasteiger partial charge is 0.445 e. The molecule has 4 heterocycles. The van der Waals surface area contributed by atoms with E-state index in [0.717, 1.165) is 11.1 Å². The number of Topliss-reactive ketones (excluding diaryl/α,β-unsaturated/α-hetero) is 1. The quantitative estimate of drug-likeness (QED) is 0.0881. The molecule has 1 saturated carbocycles. The molecule has 400 valence electrons. The number of rotatable bonds is 20. The summed E-state index contributed by atoms with van der Waals surface area (Å²) in [5, 5.41) is 73.1. The van der Waals surface area contributed by atoms with Gasteiger partial charge in [0.05, 0.1) is 43.9 Å². The fraction of sp³-hybridized carbons (Fsp3) is 0.680. The number of aliphatic hydroxyl groups excluding tert-OH is 6. The molecule has 21 unspecified atom stereocenters. The Morgan fingerprint density at radius 1 is 0.750 bits per heavy atom. The number of aliphatic hydroxyl groups is 6. The molecule has 8 N–H and O–H groups in total. The highest BCUT2D eigenvalue weighted by atomic mass is 31.1. The molecule has 72 heavy (non-hydrogen) atoms. The van der Waals surface area contributed by atoms with Crippen LogP contribution in [0.4, 0.5) is 9.59 Å². The Hall–Kier alpha value is -3.74. The number of nitrogens with one attached hydrogen (secondary N) is 2. The van der Waals surface area contributed by atoms with Gasteiger partial charge in [-0.1, -0.05) is 87.9 Å². The second-order valence-electron chi connectivity index (χ2n) is 19.4. The Bertz CT molecular complexity index is 2060. The van der Waals surface area contributed by atoms with Crippen LogP contribution in [0.25, 0.3) is 0 Å². The fourth-order valence-electron chi connectivity index (χ4n) is 9.74. The fourth-order valence-corrected chi connectivity index (χ4v) is 10.4. The second-order valence-corrected chi connectivity index (χ2v) is 21.4. The molecular formula is C50H72N2O19P+. The summed E-state index contributed by atoms with van der Waals surface area (Å²) in [4.78, 5) is 39.7. The molecule has 0 radical (unpaired) electrons. The lowest BCUT2D eigenvalue weighted by molar-refractivity contribution is -0.335. The van der Waals surface area contributed by atoms with E-state index in [1.54, 1.807) is 55.5 Å². The topological polar surface area (TPSA) is 289 Å². The average Bonchev–Trinajstić information content (AvgIpc) is 3.67. The van der Waals surface area contributed by atoms with Crippen molar-refractivity contribution in [1.29, 1.82) is 0 Å². The highest BCUT2D eigenvalue weighted by molar-refractivity contribution is 7.55. The lowest BCUT2D eigenvalue weighted by Gasteiger charge is -2.49. The zero-order valence-corrected chi connectivity index (χ0v) is 41.9. The maximum atomic E-state index is 13.7. The molecular weight excluding hydrogens is 964 g/mol. The molecule has 22 heteroatoms. The van der Waals surface area contributed by atoms with Crippen molar-refractivity contribution in [1.82, 2.24) is 10.6 Å². The number of carbonyl (C=O) groups excluding carboxylic acids is 3. The molecule has 21 nitrogen and oxygen atoms in total. The van der Waals surface area contributed by atoms with Gasteiger partial charge in [-0.2, -0.15) is 0 Å². The van der Waals surface area contributed by atoms with Crippen LogP contribution in [-0.4, -0.2) is 186 Å². The van der Waals surface area contributed by atoms with Crippen molar-refractivity contribution in [2.75, 3.05) is 26.4 Å². The Kier molecular flexibility index (Phi) is 20.3. The van der Waals surface area contributed by atoms with Gasteiger partial charge in [-0.05, 0) is 36.3 Å². The highest BCUT2D eigenvalue weighted by Gasteiger charge is 2.55. The molecule has 1 aliphatic carbocycles. The summed E-state index contributed by atoms with van der Waals surface area (Å²) in [5.74, 6) is -2.71. The maximum absolute atomic E-state index is 13.7. The normalized spacial score (nSPS) is 37.4. The minimum atomic E-state index is -1.72. The van der Waals surface area contributed by atoms with E-state index in [9.17, 15) is 45.0 Å². The number of hydrogen-bond donors (Lipinski definition) is 8. The van der Waals surface area contributed by atoms with E-state index in [2.05, 4.69) is 16.9 Å². The van der Waals surface area contributed by atoms with Crippen molar-refractivity contribution in [2.45, 2.75) is 170 Å². The summed E-state index contributed by atoms with van der Waals surface area (Å²) < 4.78 is 61.2. The Morgan fingerprint density at radius 3 is 2.01 bits per heavy atom. The first-order valence-corrected chi connectivity index (χ1v) is 26.8. The van der Waals surface area contributed by atoms with Gasteiger partial charge in [-0.3, -0.25) is 4.79 Å². The SMILES string of the molecule is C=[P+](C)C1OCC2OC(OC3C(NC(=O)OCc4ccccc4)CC(CC(=O)C(O)CCC)C(O)C3OC3OC(CO)C(OC4OC(CNC(=O)OCc5ccccc5)C(O)C(O)C4C)C3O)C(C)CC2O1. The molecule has 2 aromatic carbocycles. The predicted molar refractivity (Wildman–Crippen MR) is 256 cm³/mol. The highest BCUT2D eigenvalue weighted by Crippen LogP contribution is 2.41. The van der Waals surface area contributed by atoms with Crippen molar-refractivity contribution in [3.05, 3.63) is 71.8 Å². The van der Waals surface area contributed by atoms with Crippen LogP contribution in [0.2, 0.25) is 0 Å². The van der Waals surface area contributed by atoms with E-state index in [1.807, 2.05) is 32.6 Å². The number of hydrogen-bond acceptors (Lipinski definition) is 19. The van der Waals surface area contributed by atoms with Gasteiger partial charge in [0.2, 0.25) is 0 Å². The number of benzene rings is 2. The van der Waals surface area contributed by atoms with Gasteiger partial charge in [0.15, 0.2) is 24.7 Å². The van der Waals surface area contributed by atoms with E-state index in [0.29, 0.717) is 12.8 Å². The van der Waals surface area contributed by atoms with Crippen molar-refractivity contribution in [3.8, 4) is 0 Å². The number of fused-ring (bicyclic) bond motifs is 1. The minimum Gasteiger partial charge on any atom is -0.445 e. The summed E-state index contributed by atoms with van der Waals surface area (Å²) >= 11 is 0. The molecule has 0 spiro atoms. The van der Waals surface area contributed by atoms with E-state index in [1.165, 1.54) is 0 Å². The smallest absolute Gasteiger partial charge is 0.407 e. The van der Waals surface area contributed by atoms with Gasteiger partial charge in [0, 0.05) is 24.8 Å². The zero-order valence-electron chi connectivity index (χ0n) is 41.0. The van der Waals surface area contributed by atoms with Crippen molar-refractivity contribution < 1.29 is 92.4 Å². The first kappa shape index (κ1) is 56.0. The number of alkyl carbamates (subject to hydrolysis) is 2. The lowest BCUT2D eigenvalue weighted by atomic mass is 9.76. The number of amides is 2. The Labute approximate surface area is 420 Å². The summed E-state index contributed by atoms with van der Waals surface area (Å²) in [7, 11) is -0.816. The van der Waals surface area contributed by atoms with Gasteiger partial charge < -0.3 is 88.6 Å². The molecule has 5 aliphatic rings. The van der Waals surface area contributed by atoms with Crippen LogP contribution in [0.3, 0.4) is 0 Å². The first-order valence-electron chi connectivity index (χ1n) is 24.7. The number of carbonyl (C=O) groups is 3. The van der Waals surface area contributed by atoms with Gasteiger partial charge in [-0.25, -0.2) is 9.59 Å². The van der Waals surface area contributed by atoms with Crippen LogP contribution < -0.4 is 10.6 Å². The summed E-state index contributed by atoms with van der Waals surface area (Å²) in [6, 6.07) is 16.5. The lowest BCUT2D eigenvalue weighted by Crippen LogP contribution is -2.64.